The summed E-state index contributed by atoms with van der Waals surface area (Å²) in [5.41, 5.74) is -5.00. The van der Waals surface area contributed by atoms with Crippen molar-refractivity contribution in [1.82, 2.24) is 0 Å². The van der Waals surface area contributed by atoms with Crippen molar-refractivity contribution in [3.05, 3.63) is 36.4 Å². The summed E-state index contributed by atoms with van der Waals surface area (Å²) in [7, 11) is -4.28. The molecule has 4 nitrogen and oxygen atoms in total. The normalized spacial score (nSPS) is 11.1. The number of hydrogen-bond donors (Lipinski definition) is 0. The Kier molecular flexibility index (Phi) is 7.28. The molecular formula is C13H17F3O4S. The van der Waals surface area contributed by atoms with E-state index in [1.807, 2.05) is 13.8 Å². The van der Waals surface area contributed by atoms with E-state index in [-0.39, 0.29) is 0 Å². The Balaban J connectivity index is 0.00000191. The van der Waals surface area contributed by atoms with Crippen LogP contribution in [0, 0.1) is 0 Å². The molecule has 1 rings (SSSR count). The van der Waals surface area contributed by atoms with Gasteiger partial charge in [-0.2, -0.15) is 21.6 Å². The number of benzene rings is 1. The lowest BCUT2D eigenvalue weighted by atomic mass is 10.1. The highest BCUT2D eigenvalue weighted by Crippen LogP contribution is 2.30. The Bertz CT molecular complexity index is 565. The van der Waals surface area contributed by atoms with Crippen LogP contribution in [0.1, 0.15) is 19.4 Å². The molecule has 0 saturated heterocycles. The van der Waals surface area contributed by atoms with Gasteiger partial charge in [-0.3, -0.25) is 0 Å². The monoisotopic (exact) mass is 326 g/mol. The first-order chi connectivity index (χ1) is 9.71. The topological polar surface area (TPSA) is 52.6 Å². The average molecular weight is 326 g/mol. The van der Waals surface area contributed by atoms with Gasteiger partial charge in [0.1, 0.15) is 11.5 Å². The fourth-order valence-electron chi connectivity index (χ4n) is 1.30. The predicted molar refractivity (Wildman–Crippen MR) is 73.8 cm³/mol. The summed E-state index contributed by atoms with van der Waals surface area (Å²) >= 11 is 0. The van der Waals surface area contributed by atoms with Gasteiger partial charge in [0.25, 0.3) is 0 Å². The van der Waals surface area contributed by atoms with E-state index in [4.69, 9.17) is 4.74 Å². The lowest BCUT2D eigenvalue weighted by Gasteiger charge is -2.12. The van der Waals surface area contributed by atoms with Crippen LogP contribution in [-0.4, -0.2) is 21.0 Å². The Morgan fingerprint density at radius 3 is 2.29 bits per heavy atom. The Morgan fingerprint density at radius 1 is 1.29 bits per heavy atom. The second kappa shape index (κ2) is 7.92. The summed E-state index contributed by atoms with van der Waals surface area (Å²) in [5.74, 6) is -0.0355. The van der Waals surface area contributed by atoms with Crippen LogP contribution in [0.25, 0.3) is 0 Å². The number of halogens is 3. The van der Waals surface area contributed by atoms with Gasteiger partial charge in [0, 0.05) is 5.56 Å². The van der Waals surface area contributed by atoms with Gasteiger partial charge in [0.2, 0.25) is 0 Å². The van der Waals surface area contributed by atoms with Crippen molar-refractivity contribution in [2.24, 2.45) is 0 Å². The zero-order valence-corrected chi connectivity index (χ0v) is 12.7. The van der Waals surface area contributed by atoms with Crippen LogP contribution in [0.15, 0.2) is 30.9 Å². The lowest BCUT2D eigenvalue weighted by Crippen LogP contribution is -2.28. The highest BCUT2D eigenvalue weighted by atomic mass is 32.2. The number of alkyl halides is 3. The summed E-state index contributed by atoms with van der Waals surface area (Å²) < 4.78 is 67.2. The first kappa shape index (κ1) is 19.3. The molecule has 0 aliphatic rings. The predicted octanol–water partition coefficient (Wildman–Crippen LogP) is 3.68. The molecule has 0 bridgehead atoms. The van der Waals surface area contributed by atoms with Gasteiger partial charge in [0.05, 0.1) is 7.11 Å². The van der Waals surface area contributed by atoms with Crippen molar-refractivity contribution < 1.29 is 30.5 Å². The molecule has 0 aliphatic heterocycles. The summed E-state index contributed by atoms with van der Waals surface area (Å²) in [6.45, 7) is 7.48. The smallest absolute Gasteiger partial charge is 0.496 e. The quantitative estimate of drug-likeness (QED) is 0.470. The van der Waals surface area contributed by atoms with Crippen molar-refractivity contribution in [2.45, 2.75) is 25.8 Å². The molecular weight excluding hydrogens is 309 g/mol. The van der Waals surface area contributed by atoms with Crippen molar-refractivity contribution in [2.75, 3.05) is 7.11 Å². The van der Waals surface area contributed by atoms with E-state index in [9.17, 15) is 21.6 Å². The Hall–Kier alpha value is -1.70. The van der Waals surface area contributed by atoms with Crippen molar-refractivity contribution >= 4 is 10.1 Å². The molecule has 0 atom stereocenters. The Morgan fingerprint density at radius 2 is 1.86 bits per heavy atom. The third-order valence-corrected chi connectivity index (χ3v) is 3.08. The van der Waals surface area contributed by atoms with Crippen molar-refractivity contribution in [3.63, 3.8) is 0 Å². The van der Waals surface area contributed by atoms with Gasteiger partial charge in [-0.05, 0) is 24.6 Å². The van der Waals surface area contributed by atoms with Crippen LogP contribution in [0.5, 0.6) is 11.5 Å². The third kappa shape index (κ3) is 5.30. The maximum Gasteiger partial charge on any atom is 0.534 e. The molecule has 0 fully saturated rings. The standard InChI is InChI=1S/C11H11F3O4S.C2H6/c1-3-4-8-7-9(5-6-10(8)17-2)18-19(15,16)11(12,13)14;1-2/h3,5-7H,1,4H2,2H3;1-2H3. The first-order valence-electron chi connectivity index (χ1n) is 6.00. The SMILES string of the molecule is C=CCc1cc(OS(=O)(=O)C(F)(F)F)ccc1OC.CC. The van der Waals surface area contributed by atoms with Gasteiger partial charge in [0.15, 0.2) is 0 Å². The molecule has 1 aromatic carbocycles. The van der Waals surface area contributed by atoms with Gasteiger partial charge in [-0.15, -0.1) is 6.58 Å². The van der Waals surface area contributed by atoms with Crippen LogP contribution in [-0.2, 0) is 16.5 Å². The zero-order valence-electron chi connectivity index (χ0n) is 11.9. The molecule has 0 aromatic heterocycles. The molecule has 0 heterocycles. The number of allylic oxidation sites excluding steroid dienone is 1. The van der Waals surface area contributed by atoms with Gasteiger partial charge < -0.3 is 8.92 Å². The fraction of sp³-hybridized carbons (Fsp3) is 0.385. The van der Waals surface area contributed by atoms with E-state index in [0.717, 1.165) is 12.1 Å². The molecule has 0 amide bonds. The molecule has 1 aromatic rings. The summed E-state index contributed by atoms with van der Waals surface area (Å²) in [4.78, 5) is 0. The molecule has 0 spiro atoms. The fourth-order valence-corrected chi connectivity index (χ4v) is 1.75. The first-order valence-corrected chi connectivity index (χ1v) is 7.40. The number of ether oxygens (including phenoxy) is 1. The molecule has 21 heavy (non-hydrogen) atoms. The minimum Gasteiger partial charge on any atom is -0.496 e. The van der Waals surface area contributed by atoms with E-state index >= 15 is 0 Å². The molecule has 8 heteroatoms. The van der Waals surface area contributed by atoms with E-state index in [0.29, 0.717) is 17.7 Å². The Labute approximate surface area is 122 Å². The van der Waals surface area contributed by atoms with E-state index in [1.54, 1.807) is 0 Å². The van der Waals surface area contributed by atoms with E-state index < -0.39 is 21.4 Å². The van der Waals surface area contributed by atoms with E-state index in [1.165, 1.54) is 19.3 Å². The number of methoxy groups -OCH3 is 1. The number of hydrogen-bond acceptors (Lipinski definition) is 4. The summed E-state index contributed by atoms with van der Waals surface area (Å²) in [6, 6.07) is 3.55. The largest absolute Gasteiger partial charge is 0.534 e. The second-order valence-electron chi connectivity index (χ2n) is 3.45. The molecule has 0 unspecified atom stereocenters. The number of rotatable bonds is 5. The molecule has 0 radical (unpaired) electrons. The molecule has 0 N–H and O–H groups in total. The maximum atomic E-state index is 12.2. The maximum absolute atomic E-state index is 12.2. The lowest BCUT2D eigenvalue weighted by molar-refractivity contribution is -0.0500. The molecule has 120 valence electrons. The minimum atomic E-state index is -5.67. The van der Waals surface area contributed by atoms with Crippen molar-refractivity contribution in [1.29, 1.82) is 0 Å². The van der Waals surface area contributed by atoms with Gasteiger partial charge >= 0.3 is 15.6 Å². The summed E-state index contributed by atoms with van der Waals surface area (Å²) in [6.07, 6.45) is 1.80. The molecule has 0 aliphatic carbocycles. The van der Waals surface area contributed by atoms with Crippen molar-refractivity contribution in [3.8, 4) is 11.5 Å². The van der Waals surface area contributed by atoms with E-state index in [2.05, 4.69) is 10.8 Å². The van der Waals surface area contributed by atoms with Crippen LogP contribution < -0.4 is 8.92 Å². The minimum absolute atomic E-state index is 0.298. The van der Waals surface area contributed by atoms with Crippen LogP contribution in [0.3, 0.4) is 0 Å². The summed E-state index contributed by atoms with van der Waals surface area (Å²) in [5, 5.41) is 0. The van der Waals surface area contributed by atoms with Crippen LogP contribution in [0.2, 0.25) is 0 Å². The second-order valence-corrected chi connectivity index (χ2v) is 4.99. The van der Waals surface area contributed by atoms with Crippen LogP contribution in [0.4, 0.5) is 13.2 Å². The highest BCUT2D eigenvalue weighted by molar-refractivity contribution is 7.87. The zero-order chi connectivity index (χ0) is 16.7. The van der Waals surface area contributed by atoms with Gasteiger partial charge in [-0.25, -0.2) is 0 Å². The highest BCUT2D eigenvalue weighted by Gasteiger charge is 2.48. The van der Waals surface area contributed by atoms with Gasteiger partial charge in [-0.1, -0.05) is 19.9 Å². The molecule has 0 saturated carbocycles. The third-order valence-electron chi connectivity index (χ3n) is 2.11. The average Bonchev–Trinajstić information content (AvgIpc) is 2.40. The van der Waals surface area contributed by atoms with Crippen LogP contribution >= 0.6 is 0 Å².